The van der Waals surface area contributed by atoms with E-state index in [1.165, 1.54) is 5.56 Å². The van der Waals surface area contributed by atoms with Gasteiger partial charge >= 0.3 is 0 Å². The third-order valence-corrected chi connectivity index (χ3v) is 5.49. The van der Waals surface area contributed by atoms with Gasteiger partial charge in [-0.1, -0.05) is 30.3 Å². The van der Waals surface area contributed by atoms with Crippen LogP contribution in [-0.4, -0.2) is 47.1 Å². The third kappa shape index (κ3) is 3.78. The lowest BCUT2D eigenvalue weighted by Crippen LogP contribution is -2.48. The molecular weight excluding hydrogens is 326 g/mol. The predicted molar refractivity (Wildman–Crippen MR) is 99.0 cm³/mol. The number of piperidine rings is 1. The average molecular weight is 351 g/mol. The topological polar surface area (TPSA) is 55.3 Å². The first-order valence-corrected chi connectivity index (χ1v) is 9.42. The second-order valence-corrected chi connectivity index (χ2v) is 7.37. The van der Waals surface area contributed by atoms with Gasteiger partial charge in [0.1, 0.15) is 5.82 Å². The van der Waals surface area contributed by atoms with Crippen LogP contribution in [-0.2, 0) is 11.2 Å². The molecule has 2 aliphatic rings. The van der Waals surface area contributed by atoms with Gasteiger partial charge in [-0.3, -0.25) is 4.79 Å². The average Bonchev–Trinajstić information content (AvgIpc) is 3.54. The fourth-order valence-electron chi connectivity index (χ4n) is 3.75. The number of carbonyl (C=O) groups is 1. The lowest BCUT2D eigenvalue weighted by Gasteiger charge is -2.38. The zero-order valence-electron chi connectivity index (χ0n) is 15.2. The number of likely N-dealkylation sites (tertiary alicyclic amines) is 1. The highest BCUT2D eigenvalue weighted by Crippen LogP contribution is 2.37. The van der Waals surface area contributed by atoms with Crippen LogP contribution in [0.4, 0.5) is 0 Å². The Labute approximate surface area is 154 Å². The summed E-state index contributed by atoms with van der Waals surface area (Å²) in [4.78, 5) is 23.4. The smallest absolute Gasteiger partial charge is 0.257 e. The summed E-state index contributed by atoms with van der Waals surface area (Å²) in [7, 11) is 1.74. The maximum atomic E-state index is 12.8. The van der Waals surface area contributed by atoms with E-state index >= 15 is 0 Å². The van der Waals surface area contributed by atoms with Crippen LogP contribution in [0.2, 0.25) is 0 Å². The van der Waals surface area contributed by atoms with Crippen molar-refractivity contribution in [3.05, 3.63) is 59.7 Å². The molecule has 5 heteroatoms. The van der Waals surface area contributed by atoms with Crippen molar-refractivity contribution in [1.82, 2.24) is 14.9 Å². The molecule has 2 fully saturated rings. The minimum Gasteiger partial charge on any atom is -0.379 e. The number of hydrogen-bond acceptors (Lipinski definition) is 4. The van der Waals surface area contributed by atoms with Gasteiger partial charge in [0.05, 0.1) is 11.7 Å². The molecule has 0 bridgehead atoms. The summed E-state index contributed by atoms with van der Waals surface area (Å²) >= 11 is 0. The van der Waals surface area contributed by atoms with Gasteiger partial charge in [-0.2, -0.15) is 0 Å². The van der Waals surface area contributed by atoms with E-state index in [0.717, 1.165) is 38.1 Å². The molecule has 136 valence electrons. The molecule has 1 saturated carbocycles. The summed E-state index contributed by atoms with van der Waals surface area (Å²) in [6.45, 7) is 1.37. The molecule has 0 unspecified atom stereocenters. The minimum absolute atomic E-state index is 0.00700. The maximum absolute atomic E-state index is 12.8. The molecule has 5 nitrogen and oxygen atoms in total. The number of methoxy groups -OCH3 is 1. The Hall–Kier alpha value is -2.27. The summed E-state index contributed by atoms with van der Waals surface area (Å²) < 4.78 is 5.73. The highest BCUT2D eigenvalue weighted by Gasteiger charge is 2.32. The van der Waals surface area contributed by atoms with Crippen molar-refractivity contribution in [3.8, 4) is 0 Å². The van der Waals surface area contributed by atoms with Crippen molar-refractivity contribution >= 4 is 5.91 Å². The summed E-state index contributed by atoms with van der Waals surface area (Å²) in [5.74, 6) is 1.82. The van der Waals surface area contributed by atoms with Crippen molar-refractivity contribution in [2.75, 3.05) is 20.2 Å². The molecule has 4 rings (SSSR count). The first kappa shape index (κ1) is 17.2. The molecule has 1 aromatic carbocycles. The molecule has 1 amide bonds. The quantitative estimate of drug-likeness (QED) is 0.831. The number of benzene rings is 1. The summed E-state index contributed by atoms with van der Waals surface area (Å²) in [6.07, 6.45) is 7.68. The van der Waals surface area contributed by atoms with Gasteiger partial charge in [-0.25, -0.2) is 9.97 Å². The van der Waals surface area contributed by atoms with E-state index in [9.17, 15) is 4.79 Å². The van der Waals surface area contributed by atoms with Crippen LogP contribution < -0.4 is 0 Å². The van der Waals surface area contributed by atoms with Gasteiger partial charge in [-0.15, -0.1) is 0 Å². The summed E-state index contributed by atoms with van der Waals surface area (Å²) in [5, 5.41) is 0. The fraction of sp³-hybridized carbons (Fsp3) is 0.476. The molecule has 2 heterocycles. The van der Waals surface area contributed by atoms with E-state index in [1.807, 2.05) is 11.0 Å². The SMILES string of the molecule is CO[C@@H]1CN(C(=O)c2cnc(C3CC3)nc2)CC[C@@H]1Cc1ccccc1. The van der Waals surface area contributed by atoms with Crippen LogP contribution in [0.3, 0.4) is 0 Å². The normalized spacial score (nSPS) is 23.0. The van der Waals surface area contributed by atoms with Crippen LogP contribution in [0, 0.1) is 5.92 Å². The molecule has 1 saturated heterocycles. The Morgan fingerprint density at radius 2 is 1.88 bits per heavy atom. The van der Waals surface area contributed by atoms with Crippen LogP contribution in [0.5, 0.6) is 0 Å². The standard InChI is InChI=1S/C21H25N3O2/c1-26-19-14-24(10-9-17(19)11-15-5-3-2-4-6-15)21(25)18-12-22-20(23-13-18)16-7-8-16/h2-6,12-13,16-17,19H,7-11,14H2,1H3/t17-,19-/m1/s1. The Morgan fingerprint density at radius 3 is 2.54 bits per heavy atom. The Kier molecular flexibility index (Phi) is 4.98. The van der Waals surface area contributed by atoms with Crippen LogP contribution >= 0.6 is 0 Å². The van der Waals surface area contributed by atoms with Gasteiger partial charge in [0, 0.05) is 38.5 Å². The molecule has 26 heavy (non-hydrogen) atoms. The van der Waals surface area contributed by atoms with Crippen LogP contribution in [0.15, 0.2) is 42.7 Å². The molecular formula is C21H25N3O2. The fourth-order valence-corrected chi connectivity index (χ4v) is 3.75. The summed E-state index contributed by atoms with van der Waals surface area (Å²) in [6, 6.07) is 10.5. The maximum Gasteiger partial charge on any atom is 0.257 e. The summed E-state index contributed by atoms with van der Waals surface area (Å²) in [5.41, 5.74) is 1.90. The van der Waals surface area contributed by atoms with Gasteiger partial charge in [0.15, 0.2) is 0 Å². The number of rotatable bonds is 5. The second-order valence-electron chi connectivity index (χ2n) is 7.37. The highest BCUT2D eigenvalue weighted by molar-refractivity contribution is 5.93. The number of ether oxygens (including phenoxy) is 1. The van der Waals surface area contributed by atoms with Crippen molar-refractivity contribution in [2.24, 2.45) is 5.92 Å². The lowest BCUT2D eigenvalue weighted by molar-refractivity contribution is -0.00699. The first-order valence-electron chi connectivity index (χ1n) is 9.42. The van der Waals surface area contributed by atoms with Crippen molar-refractivity contribution < 1.29 is 9.53 Å². The van der Waals surface area contributed by atoms with E-state index in [4.69, 9.17) is 4.74 Å². The number of amides is 1. The zero-order valence-corrected chi connectivity index (χ0v) is 15.2. The van der Waals surface area contributed by atoms with E-state index in [1.54, 1.807) is 19.5 Å². The molecule has 2 aromatic rings. The largest absolute Gasteiger partial charge is 0.379 e. The minimum atomic E-state index is 0.00700. The van der Waals surface area contributed by atoms with Crippen molar-refractivity contribution in [3.63, 3.8) is 0 Å². The molecule has 0 radical (unpaired) electrons. The van der Waals surface area contributed by atoms with Crippen molar-refractivity contribution in [2.45, 2.75) is 37.7 Å². The number of aromatic nitrogens is 2. The molecule has 2 atom stereocenters. The van der Waals surface area contributed by atoms with Crippen LogP contribution in [0.25, 0.3) is 0 Å². The lowest BCUT2D eigenvalue weighted by atomic mass is 9.87. The van der Waals surface area contributed by atoms with E-state index in [-0.39, 0.29) is 12.0 Å². The Morgan fingerprint density at radius 1 is 1.15 bits per heavy atom. The highest BCUT2D eigenvalue weighted by atomic mass is 16.5. The number of hydrogen-bond donors (Lipinski definition) is 0. The molecule has 1 aromatic heterocycles. The molecule has 1 aliphatic heterocycles. The van der Waals surface area contributed by atoms with Crippen LogP contribution in [0.1, 0.15) is 46.9 Å². The first-order chi connectivity index (χ1) is 12.7. The zero-order chi connectivity index (χ0) is 17.9. The third-order valence-electron chi connectivity index (χ3n) is 5.49. The van der Waals surface area contributed by atoms with Gasteiger partial charge < -0.3 is 9.64 Å². The monoisotopic (exact) mass is 351 g/mol. The van der Waals surface area contributed by atoms with E-state index in [2.05, 4.69) is 34.2 Å². The van der Waals surface area contributed by atoms with Gasteiger partial charge in [0.25, 0.3) is 5.91 Å². The van der Waals surface area contributed by atoms with E-state index in [0.29, 0.717) is 23.9 Å². The Balaban J connectivity index is 1.40. The predicted octanol–water partition coefficient (Wildman–Crippen LogP) is 3.07. The van der Waals surface area contributed by atoms with Gasteiger partial charge in [0.2, 0.25) is 0 Å². The molecule has 0 N–H and O–H groups in total. The second kappa shape index (κ2) is 7.54. The number of carbonyl (C=O) groups excluding carboxylic acids is 1. The van der Waals surface area contributed by atoms with E-state index < -0.39 is 0 Å². The number of nitrogens with zero attached hydrogens (tertiary/aromatic N) is 3. The van der Waals surface area contributed by atoms with Crippen molar-refractivity contribution in [1.29, 1.82) is 0 Å². The molecule has 0 spiro atoms. The Bertz CT molecular complexity index is 744. The molecule has 1 aliphatic carbocycles. The van der Waals surface area contributed by atoms with Gasteiger partial charge in [-0.05, 0) is 37.2 Å².